The molecule has 1 heterocycles. The molecule has 3 N–H and O–H groups in total. The molecule has 2 aliphatic rings. The Kier molecular flexibility index (Phi) is 2.35. The zero-order valence-electron chi connectivity index (χ0n) is 7.62. The highest BCUT2D eigenvalue weighted by Gasteiger charge is 2.38. The first-order valence-electron chi connectivity index (χ1n) is 4.89. The SMILES string of the molecule is CC1CC(C(NN)C2CC2)CO1. The Balaban J connectivity index is 1.88. The Morgan fingerprint density at radius 1 is 1.42 bits per heavy atom. The third-order valence-electron chi connectivity index (χ3n) is 3.06. The van der Waals surface area contributed by atoms with E-state index in [9.17, 15) is 0 Å². The summed E-state index contributed by atoms with van der Waals surface area (Å²) in [5.41, 5.74) is 2.95. The van der Waals surface area contributed by atoms with Gasteiger partial charge in [-0.15, -0.1) is 0 Å². The molecule has 1 saturated carbocycles. The molecule has 0 amide bonds. The fraction of sp³-hybridized carbons (Fsp3) is 1.00. The normalized spacial score (nSPS) is 38.5. The minimum atomic E-state index is 0.435. The van der Waals surface area contributed by atoms with Crippen LogP contribution in [0.2, 0.25) is 0 Å². The van der Waals surface area contributed by atoms with Crippen LogP contribution in [0, 0.1) is 11.8 Å². The molecule has 1 aliphatic carbocycles. The van der Waals surface area contributed by atoms with Crippen molar-refractivity contribution in [2.75, 3.05) is 6.61 Å². The molecule has 1 aliphatic heterocycles. The number of nitrogens with one attached hydrogen (secondary N) is 1. The van der Waals surface area contributed by atoms with E-state index in [2.05, 4.69) is 12.3 Å². The van der Waals surface area contributed by atoms with Gasteiger partial charge in [0.15, 0.2) is 0 Å². The highest BCUT2D eigenvalue weighted by Crippen LogP contribution is 2.38. The van der Waals surface area contributed by atoms with Crippen molar-refractivity contribution in [1.82, 2.24) is 5.43 Å². The number of hydrazine groups is 1. The third kappa shape index (κ3) is 1.63. The zero-order valence-corrected chi connectivity index (χ0v) is 7.62. The summed E-state index contributed by atoms with van der Waals surface area (Å²) in [4.78, 5) is 0. The number of ether oxygens (including phenoxy) is 1. The lowest BCUT2D eigenvalue weighted by Gasteiger charge is -2.20. The molecule has 2 fully saturated rings. The third-order valence-corrected chi connectivity index (χ3v) is 3.06. The van der Waals surface area contributed by atoms with Crippen molar-refractivity contribution in [3.63, 3.8) is 0 Å². The first kappa shape index (κ1) is 8.48. The maximum absolute atomic E-state index is 5.53. The van der Waals surface area contributed by atoms with Crippen molar-refractivity contribution in [3.8, 4) is 0 Å². The molecular weight excluding hydrogens is 152 g/mol. The second-order valence-corrected chi connectivity index (χ2v) is 4.17. The van der Waals surface area contributed by atoms with Gasteiger partial charge in [-0.3, -0.25) is 11.3 Å². The average Bonchev–Trinajstić information content (AvgIpc) is 2.78. The molecule has 0 radical (unpaired) electrons. The lowest BCUT2D eigenvalue weighted by Crippen LogP contribution is -2.42. The van der Waals surface area contributed by atoms with Gasteiger partial charge in [0.25, 0.3) is 0 Å². The van der Waals surface area contributed by atoms with Crippen LogP contribution in [-0.4, -0.2) is 18.8 Å². The highest BCUT2D eigenvalue weighted by atomic mass is 16.5. The van der Waals surface area contributed by atoms with Gasteiger partial charge in [-0.25, -0.2) is 0 Å². The Morgan fingerprint density at radius 3 is 2.58 bits per heavy atom. The van der Waals surface area contributed by atoms with Crippen molar-refractivity contribution in [2.45, 2.75) is 38.3 Å². The van der Waals surface area contributed by atoms with Gasteiger partial charge in [-0.1, -0.05) is 0 Å². The van der Waals surface area contributed by atoms with Crippen LogP contribution < -0.4 is 11.3 Å². The van der Waals surface area contributed by atoms with Crippen LogP contribution in [0.1, 0.15) is 26.2 Å². The Bertz CT molecular complexity index is 159. The van der Waals surface area contributed by atoms with E-state index < -0.39 is 0 Å². The molecule has 12 heavy (non-hydrogen) atoms. The fourth-order valence-corrected chi connectivity index (χ4v) is 2.21. The summed E-state index contributed by atoms with van der Waals surface area (Å²) in [5, 5.41) is 0. The van der Waals surface area contributed by atoms with E-state index in [-0.39, 0.29) is 0 Å². The van der Waals surface area contributed by atoms with Crippen molar-refractivity contribution < 1.29 is 4.74 Å². The molecule has 3 nitrogen and oxygen atoms in total. The number of rotatable bonds is 3. The first-order chi connectivity index (χ1) is 5.81. The van der Waals surface area contributed by atoms with E-state index in [1.165, 1.54) is 19.3 Å². The Morgan fingerprint density at radius 2 is 2.17 bits per heavy atom. The maximum Gasteiger partial charge on any atom is 0.0551 e. The monoisotopic (exact) mass is 170 g/mol. The second kappa shape index (κ2) is 3.32. The molecule has 0 spiro atoms. The maximum atomic E-state index is 5.53. The molecule has 0 aromatic heterocycles. The van der Waals surface area contributed by atoms with Crippen LogP contribution >= 0.6 is 0 Å². The molecule has 1 saturated heterocycles. The smallest absolute Gasteiger partial charge is 0.0551 e. The largest absolute Gasteiger partial charge is 0.378 e. The van der Waals surface area contributed by atoms with E-state index in [4.69, 9.17) is 10.6 Å². The summed E-state index contributed by atoms with van der Waals surface area (Å²) in [6.07, 6.45) is 4.30. The van der Waals surface area contributed by atoms with Gasteiger partial charge in [-0.05, 0) is 32.1 Å². The summed E-state index contributed by atoms with van der Waals surface area (Å²) in [6.45, 7) is 3.03. The standard InChI is InChI=1S/C9H18N2O/c1-6-4-8(5-12-6)9(11-10)7-2-3-7/h6-9,11H,2-5,10H2,1H3. The molecule has 3 unspecified atom stereocenters. The lowest BCUT2D eigenvalue weighted by atomic mass is 9.94. The molecule has 3 atom stereocenters. The summed E-state index contributed by atoms with van der Waals surface area (Å²) in [6, 6.07) is 0.509. The summed E-state index contributed by atoms with van der Waals surface area (Å²) >= 11 is 0. The topological polar surface area (TPSA) is 47.3 Å². The second-order valence-electron chi connectivity index (χ2n) is 4.17. The summed E-state index contributed by atoms with van der Waals surface area (Å²) in [5.74, 6) is 7.01. The van der Waals surface area contributed by atoms with Gasteiger partial charge in [0.1, 0.15) is 0 Å². The summed E-state index contributed by atoms with van der Waals surface area (Å²) < 4.78 is 5.53. The van der Waals surface area contributed by atoms with Gasteiger partial charge in [0, 0.05) is 12.0 Å². The average molecular weight is 170 g/mol. The molecular formula is C9H18N2O. The van der Waals surface area contributed by atoms with Gasteiger partial charge in [0.2, 0.25) is 0 Å². The summed E-state index contributed by atoms with van der Waals surface area (Å²) in [7, 11) is 0. The van der Waals surface area contributed by atoms with Crippen molar-refractivity contribution >= 4 is 0 Å². The minimum absolute atomic E-state index is 0.435. The van der Waals surface area contributed by atoms with Crippen molar-refractivity contribution in [3.05, 3.63) is 0 Å². The van der Waals surface area contributed by atoms with Crippen molar-refractivity contribution in [1.29, 1.82) is 0 Å². The molecule has 3 heteroatoms. The Hall–Kier alpha value is -0.120. The van der Waals surface area contributed by atoms with Crippen LogP contribution in [0.15, 0.2) is 0 Å². The predicted molar refractivity (Wildman–Crippen MR) is 47.4 cm³/mol. The first-order valence-corrected chi connectivity index (χ1v) is 4.89. The molecule has 0 aromatic carbocycles. The number of hydrogen-bond acceptors (Lipinski definition) is 3. The quantitative estimate of drug-likeness (QED) is 0.483. The van der Waals surface area contributed by atoms with Crippen LogP contribution in [0.5, 0.6) is 0 Å². The van der Waals surface area contributed by atoms with E-state index in [1.54, 1.807) is 0 Å². The van der Waals surface area contributed by atoms with Gasteiger partial charge < -0.3 is 4.74 Å². The van der Waals surface area contributed by atoms with E-state index in [0.717, 1.165) is 12.5 Å². The molecule has 0 aromatic rings. The van der Waals surface area contributed by atoms with Crippen LogP contribution in [-0.2, 0) is 4.74 Å². The lowest BCUT2D eigenvalue weighted by molar-refractivity contribution is 0.116. The molecule has 2 rings (SSSR count). The molecule has 70 valence electrons. The highest BCUT2D eigenvalue weighted by molar-refractivity contribution is 4.92. The Labute approximate surface area is 73.6 Å². The van der Waals surface area contributed by atoms with Crippen LogP contribution in [0.25, 0.3) is 0 Å². The van der Waals surface area contributed by atoms with E-state index in [0.29, 0.717) is 18.1 Å². The van der Waals surface area contributed by atoms with E-state index >= 15 is 0 Å². The predicted octanol–water partition coefficient (Wildman–Crippen LogP) is 0.653. The van der Waals surface area contributed by atoms with Crippen LogP contribution in [0.3, 0.4) is 0 Å². The van der Waals surface area contributed by atoms with Gasteiger partial charge >= 0.3 is 0 Å². The molecule has 0 bridgehead atoms. The van der Waals surface area contributed by atoms with Crippen LogP contribution in [0.4, 0.5) is 0 Å². The fourth-order valence-electron chi connectivity index (χ4n) is 2.21. The number of hydrogen-bond donors (Lipinski definition) is 2. The van der Waals surface area contributed by atoms with E-state index in [1.807, 2.05) is 0 Å². The van der Waals surface area contributed by atoms with Crippen molar-refractivity contribution in [2.24, 2.45) is 17.7 Å². The zero-order chi connectivity index (χ0) is 8.55. The minimum Gasteiger partial charge on any atom is -0.378 e. The van der Waals surface area contributed by atoms with Gasteiger partial charge in [0.05, 0.1) is 12.7 Å². The van der Waals surface area contributed by atoms with Gasteiger partial charge in [-0.2, -0.15) is 0 Å². The number of nitrogens with two attached hydrogens (primary N) is 1.